The monoisotopic (exact) mass is 503 g/mol. The van der Waals surface area contributed by atoms with Gasteiger partial charge in [0.25, 0.3) is 0 Å². The third kappa shape index (κ3) is 5.82. The summed E-state index contributed by atoms with van der Waals surface area (Å²) in [5.74, 6) is -10.7. The summed E-state index contributed by atoms with van der Waals surface area (Å²) >= 11 is 0. The van der Waals surface area contributed by atoms with Crippen LogP contribution in [0.5, 0.6) is 0 Å². The Kier molecular flexibility index (Phi) is 8.10. The van der Waals surface area contributed by atoms with Crippen molar-refractivity contribution in [2.45, 2.75) is 37.6 Å². The van der Waals surface area contributed by atoms with Crippen molar-refractivity contribution in [2.24, 2.45) is 5.50 Å². The number of hydrogen-bond acceptors (Lipinski definition) is 3. The average Bonchev–Trinajstić information content (AvgIpc) is 2.77. The zero-order valence-corrected chi connectivity index (χ0v) is 19.0. The molecule has 0 heterocycles. The topological polar surface area (TPSA) is 81.8 Å². The summed E-state index contributed by atoms with van der Waals surface area (Å²) < 4.78 is 95.9. The molecule has 4 atom stereocenters. The minimum Gasteiger partial charge on any atom is -0.374 e. The SMILES string of the molecule is Cc1ccccc1COCC(C[C@@]1(F)C(F)=C(F)C(F)=C(F)C1c1ccccc1)OP(N)(=O)O. The van der Waals surface area contributed by atoms with Crippen LogP contribution in [0.4, 0.5) is 22.0 Å². The van der Waals surface area contributed by atoms with Gasteiger partial charge in [0.15, 0.2) is 23.1 Å². The highest BCUT2D eigenvalue weighted by Crippen LogP contribution is 2.54. The number of hydrogen-bond donors (Lipinski definition) is 2. The van der Waals surface area contributed by atoms with Gasteiger partial charge in [0.2, 0.25) is 0 Å². The number of rotatable bonds is 9. The molecule has 0 saturated carbocycles. The summed E-state index contributed by atoms with van der Waals surface area (Å²) in [5.41, 5.74) is 2.96. The predicted octanol–water partition coefficient (Wildman–Crippen LogP) is 6.15. The first-order chi connectivity index (χ1) is 15.9. The summed E-state index contributed by atoms with van der Waals surface area (Å²) in [6, 6.07) is 13.8. The molecule has 0 saturated heterocycles. The first-order valence-corrected chi connectivity index (χ1v) is 11.9. The molecule has 3 N–H and O–H groups in total. The molecule has 11 heteroatoms. The van der Waals surface area contributed by atoms with Gasteiger partial charge in [0.05, 0.1) is 25.2 Å². The molecule has 1 aliphatic carbocycles. The third-order valence-electron chi connectivity index (χ3n) is 5.45. The van der Waals surface area contributed by atoms with Gasteiger partial charge in [-0.1, -0.05) is 54.6 Å². The fraction of sp³-hybridized carbons (Fsp3) is 0.304. The highest BCUT2D eigenvalue weighted by atomic mass is 31.2. The van der Waals surface area contributed by atoms with Crippen LogP contribution in [0, 0.1) is 6.92 Å². The lowest BCUT2D eigenvalue weighted by atomic mass is 9.75. The highest BCUT2D eigenvalue weighted by Gasteiger charge is 2.55. The molecule has 0 fully saturated rings. The number of benzene rings is 2. The summed E-state index contributed by atoms with van der Waals surface area (Å²) in [4.78, 5) is 9.47. The Morgan fingerprint density at radius 3 is 2.29 bits per heavy atom. The normalized spacial score (nSPS) is 23.7. The molecule has 1 aliphatic rings. The van der Waals surface area contributed by atoms with E-state index in [1.54, 1.807) is 18.2 Å². The predicted molar refractivity (Wildman–Crippen MR) is 116 cm³/mol. The van der Waals surface area contributed by atoms with Gasteiger partial charge < -0.3 is 9.63 Å². The van der Waals surface area contributed by atoms with Crippen molar-refractivity contribution in [3.63, 3.8) is 0 Å². The van der Waals surface area contributed by atoms with Crippen molar-refractivity contribution in [3.8, 4) is 0 Å². The number of nitrogens with two attached hydrogens (primary N) is 1. The van der Waals surface area contributed by atoms with Crippen molar-refractivity contribution >= 4 is 7.75 Å². The summed E-state index contributed by atoms with van der Waals surface area (Å²) in [7, 11) is -4.75. The Bertz CT molecular complexity index is 1140. The van der Waals surface area contributed by atoms with Crippen LogP contribution in [0.25, 0.3) is 0 Å². The van der Waals surface area contributed by atoms with Gasteiger partial charge in [-0.25, -0.2) is 32.0 Å². The van der Waals surface area contributed by atoms with Gasteiger partial charge in [-0.15, -0.1) is 0 Å². The summed E-state index contributed by atoms with van der Waals surface area (Å²) in [6.45, 7) is 1.21. The smallest absolute Gasteiger partial charge is 0.374 e. The molecule has 0 aromatic heterocycles. The second kappa shape index (κ2) is 10.5. The Labute approximate surface area is 193 Å². The Balaban J connectivity index is 1.92. The lowest BCUT2D eigenvalue weighted by Gasteiger charge is -2.37. The van der Waals surface area contributed by atoms with Crippen LogP contribution in [-0.2, 0) is 20.4 Å². The number of aryl methyl sites for hydroxylation is 1. The molecule has 0 bridgehead atoms. The second-order valence-corrected chi connectivity index (χ2v) is 9.27. The first kappa shape index (κ1) is 26.2. The maximum atomic E-state index is 16.2. The van der Waals surface area contributed by atoms with E-state index in [0.717, 1.165) is 11.1 Å². The van der Waals surface area contributed by atoms with Crippen molar-refractivity contribution < 1.29 is 40.7 Å². The van der Waals surface area contributed by atoms with Crippen LogP contribution in [0.2, 0.25) is 0 Å². The van der Waals surface area contributed by atoms with E-state index in [-0.39, 0.29) is 12.2 Å². The zero-order valence-electron chi connectivity index (χ0n) is 18.1. The highest BCUT2D eigenvalue weighted by molar-refractivity contribution is 7.50. The van der Waals surface area contributed by atoms with Crippen LogP contribution in [-0.4, -0.2) is 23.3 Å². The number of halogens is 5. The zero-order chi connectivity index (χ0) is 25.1. The minimum absolute atomic E-state index is 0.0240. The molecule has 184 valence electrons. The van der Waals surface area contributed by atoms with Crippen LogP contribution in [0.3, 0.4) is 0 Å². The van der Waals surface area contributed by atoms with Gasteiger partial charge in [0.1, 0.15) is 5.83 Å². The van der Waals surface area contributed by atoms with Gasteiger partial charge in [-0.3, -0.25) is 4.52 Å². The molecular weight excluding hydrogens is 480 g/mol. The average molecular weight is 503 g/mol. The summed E-state index contributed by atoms with van der Waals surface area (Å²) in [5, 5.41) is 0. The summed E-state index contributed by atoms with van der Waals surface area (Å²) in [6.07, 6.45) is -2.91. The molecule has 0 spiro atoms. The van der Waals surface area contributed by atoms with E-state index in [2.05, 4.69) is 0 Å². The van der Waals surface area contributed by atoms with E-state index in [4.69, 9.17) is 14.8 Å². The molecule has 0 radical (unpaired) electrons. The quantitative estimate of drug-likeness (QED) is 0.317. The van der Waals surface area contributed by atoms with Crippen molar-refractivity contribution in [3.05, 3.63) is 94.6 Å². The molecule has 0 aliphatic heterocycles. The molecule has 5 nitrogen and oxygen atoms in total. The maximum absolute atomic E-state index is 16.2. The van der Waals surface area contributed by atoms with E-state index in [1.807, 2.05) is 13.0 Å². The lowest BCUT2D eigenvalue weighted by molar-refractivity contribution is -0.00523. The van der Waals surface area contributed by atoms with E-state index < -0.39 is 61.8 Å². The molecule has 2 aromatic rings. The van der Waals surface area contributed by atoms with Gasteiger partial charge in [0, 0.05) is 6.42 Å². The molecule has 2 aromatic carbocycles. The fourth-order valence-corrected chi connectivity index (χ4v) is 4.41. The van der Waals surface area contributed by atoms with Crippen molar-refractivity contribution in [1.29, 1.82) is 0 Å². The van der Waals surface area contributed by atoms with Crippen LogP contribution in [0.15, 0.2) is 77.9 Å². The maximum Gasteiger partial charge on any atom is 0.400 e. The van der Waals surface area contributed by atoms with Crippen molar-refractivity contribution in [1.82, 2.24) is 0 Å². The standard InChI is InChI=1S/C23H23F5NO4P/c1-14-7-5-6-10-16(14)12-32-13-17(33-34(29,30)31)11-23(28)18(15-8-3-2-4-9-15)19(24)20(25)21(26)22(23)27/h2-10,17-18H,11-13H2,1H3,(H3,29,30,31)/t17?,18?,23-/m0/s1. The van der Waals surface area contributed by atoms with Gasteiger partial charge in [-0.2, -0.15) is 0 Å². The lowest BCUT2D eigenvalue weighted by Crippen LogP contribution is -2.41. The number of alkyl halides is 1. The van der Waals surface area contributed by atoms with Gasteiger partial charge >= 0.3 is 7.75 Å². The fourth-order valence-electron chi connectivity index (χ4n) is 3.85. The van der Waals surface area contributed by atoms with E-state index >= 15 is 4.39 Å². The second-order valence-electron chi connectivity index (χ2n) is 7.93. The molecule has 0 amide bonds. The van der Waals surface area contributed by atoms with Gasteiger partial charge in [-0.05, 0) is 23.6 Å². The first-order valence-electron chi connectivity index (χ1n) is 10.2. The van der Waals surface area contributed by atoms with Crippen LogP contribution in [0.1, 0.15) is 29.0 Å². The van der Waals surface area contributed by atoms with E-state index in [1.165, 1.54) is 30.3 Å². The Morgan fingerprint density at radius 1 is 1.06 bits per heavy atom. The van der Waals surface area contributed by atoms with Crippen LogP contribution < -0.4 is 5.50 Å². The van der Waals surface area contributed by atoms with Crippen LogP contribution >= 0.6 is 7.75 Å². The van der Waals surface area contributed by atoms with E-state index in [0.29, 0.717) is 0 Å². The number of allylic oxidation sites excluding steroid dienone is 4. The Morgan fingerprint density at radius 2 is 1.68 bits per heavy atom. The largest absolute Gasteiger partial charge is 0.400 e. The Hall–Kier alpha value is -2.36. The molecule has 34 heavy (non-hydrogen) atoms. The third-order valence-corrected chi connectivity index (χ3v) is 6.05. The minimum atomic E-state index is -4.75. The number of ether oxygens (including phenoxy) is 1. The molecule has 3 unspecified atom stereocenters. The van der Waals surface area contributed by atoms with E-state index in [9.17, 15) is 27.0 Å². The van der Waals surface area contributed by atoms with Crippen molar-refractivity contribution in [2.75, 3.05) is 6.61 Å². The molecule has 3 rings (SSSR count). The molecular formula is C23H23F5NO4P.